The lowest BCUT2D eigenvalue weighted by atomic mass is 10.2. The number of hydrogen-bond donors (Lipinski definition) is 0. The summed E-state index contributed by atoms with van der Waals surface area (Å²) in [5, 5.41) is 9.08. The summed E-state index contributed by atoms with van der Waals surface area (Å²) in [5.41, 5.74) is 1.54. The molecule has 0 unspecified atom stereocenters. The van der Waals surface area contributed by atoms with Gasteiger partial charge in [-0.15, -0.1) is 0 Å². The molecule has 0 aliphatic rings. The SMILES string of the molecule is COc1ccc(C#N)c(Oc2ccc(Br)c(C)c2)c1. The summed E-state index contributed by atoms with van der Waals surface area (Å²) in [7, 11) is 1.58. The summed E-state index contributed by atoms with van der Waals surface area (Å²) in [4.78, 5) is 0. The molecular weight excluding hydrogens is 306 g/mol. The van der Waals surface area contributed by atoms with Gasteiger partial charge in [0.15, 0.2) is 0 Å². The number of rotatable bonds is 3. The Morgan fingerprint density at radius 1 is 1.11 bits per heavy atom. The third-order valence-corrected chi connectivity index (χ3v) is 3.56. The summed E-state index contributed by atoms with van der Waals surface area (Å²) in [6, 6.07) is 12.9. The van der Waals surface area contributed by atoms with Crippen LogP contribution in [0.25, 0.3) is 0 Å². The van der Waals surface area contributed by atoms with Gasteiger partial charge in [-0.2, -0.15) is 5.26 Å². The average molecular weight is 318 g/mol. The standard InChI is InChI=1S/C15H12BrNO2/c1-10-7-13(5-6-14(10)16)19-15-8-12(18-2)4-3-11(15)9-17/h3-8H,1-2H3. The fourth-order valence-corrected chi connectivity index (χ4v) is 1.86. The predicted octanol–water partition coefficient (Wildman–Crippen LogP) is 4.43. The highest BCUT2D eigenvalue weighted by Crippen LogP contribution is 2.30. The van der Waals surface area contributed by atoms with Crippen molar-refractivity contribution in [3.05, 3.63) is 52.0 Å². The molecular formula is C15H12BrNO2. The number of halogens is 1. The zero-order valence-corrected chi connectivity index (χ0v) is 12.2. The Bertz CT molecular complexity index is 647. The van der Waals surface area contributed by atoms with E-state index in [1.165, 1.54) is 0 Å². The van der Waals surface area contributed by atoms with Gasteiger partial charge in [0.05, 0.1) is 12.7 Å². The van der Waals surface area contributed by atoms with Gasteiger partial charge in [-0.3, -0.25) is 0 Å². The molecule has 0 saturated carbocycles. The van der Waals surface area contributed by atoms with Crippen LogP contribution in [0, 0.1) is 18.3 Å². The third-order valence-electron chi connectivity index (χ3n) is 2.67. The van der Waals surface area contributed by atoms with Gasteiger partial charge in [-0.05, 0) is 42.8 Å². The highest BCUT2D eigenvalue weighted by atomic mass is 79.9. The maximum Gasteiger partial charge on any atom is 0.148 e. The van der Waals surface area contributed by atoms with Crippen molar-refractivity contribution in [1.29, 1.82) is 5.26 Å². The van der Waals surface area contributed by atoms with Crippen molar-refractivity contribution in [1.82, 2.24) is 0 Å². The number of aryl methyl sites for hydroxylation is 1. The predicted molar refractivity (Wildman–Crippen MR) is 76.7 cm³/mol. The lowest BCUT2D eigenvalue weighted by Gasteiger charge is -2.10. The van der Waals surface area contributed by atoms with E-state index < -0.39 is 0 Å². The number of ether oxygens (including phenoxy) is 2. The Morgan fingerprint density at radius 2 is 1.84 bits per heavy atom. The lowest BCUT2D eigenvalue weighted by molar-refractivity contribution is 0.409. The van der Waals surface area contributed by atoms with E-state index in [1.807, 2.05) is 25.1 Å². The fourth-order valence-electron chi connectivity index (χ4n) is 1.61. The summed E-state index contributed by atoms with van der Waals surface area (Å²) < 4.78 is 11.9. The van der Waals surface area contributed by atoms with Crippen molar-refractivity contribution in [3.63, 3.8) is 0 Å². The summed E-state index contributed by atoms with van der Waals surface area (Å²) in [6.45, 7) is 1.98. The Morgan fingerprint density at radius 3 is 2.47 bits per heavy atom. The highest BCUT2D eigenvalue weighted by Gasteiger charge is 2.07. The van der Waals surface area contributed by atoms with E-state index in [2.05, 4.69) is 22.0 Å². The molecule has 0 bridgehead atoms. The van der Waals surface area contributed by atoms with Crippen molar-refractivity contribution in [2.45, 2.75) is 6.92 Å². The van der Waals surface area contributed by atoms with Crippen molar-refractivity contribution >= 4 is 15.9 Å². The van der Waals surface area contributed by atoms with Crippen LogP contribution in [0.15, 0.2) is 40.9 Å². The zero-order valence-electron chi connectivity index (χ0n) is 10.6. The molecule has 0 atom stereocenters. The normalized spacial score (nSPS) is 9.79. The van der Waals surface area contributed by atoms with Crippen LogP contribution in [0.5, 0.6) is 17.2 Å². The van der Waals surface area contributed by atoms with Crippen LogP contribution in [-0.4, -0.2) is 7.11 Å². The summed E-state index contributed by atoms with van der Waals surface area (Å²) in [6.07, 6.45) is 0. The maximum atomic E-state index is 9.08. The minimum atomic E-state index is 0.473. The van der Waals surface area contributed by atoms with Gasteiger partial charge < -0.3 is 9.47 Å². The first-order valence-corrected chi connectivity index (χ1v) is 6.45. The minimum Gasteiger partial charge on any atom is -0.497 e. The van der Waals surface area contributed by atoms with Crippen LogP contribution in [-0.2, 0) is 0 Å². The Balaban J connectivity index is 2.36. The van der Waals surface area contributed by atoms with Crippen LogP contribution < -0.4 is 9.47 Å². The Hall–Kier alpha value is -1.99. The molecule has 0 N–H and O–H groups in total. The van der Waals surface area contributed by atoms with E-state index >= 15 is 0 Å². The summed E-state index contributed by atoms with van der Waals surface area (Å²) >= 11 is 3.44. The smallest absolute Gasteiger partial charge is 0.148 e. The molecule has 19 heavy (non-hydrogen) atoms. The second kappa shape index (κ2) is 5.77. The van der Waals surface area contributed by atoms with Crippen molar-refractivity contribution in [2.24, 2.45) is 0 Å². The molecule has 0 amide bonds. The Labute approximate surface area is 120 Å². The van der Waals surface area contributed by atoms with Crippen molar-refractivity contribution in [2.75, 3.05) is 7.11 Å². The van der Waals surface area contributed by atoms with Gasteiger partial charge >= 0.3 is 0 Å². The molecule has 0 fully saturated rings. The molecule has 0 aromatic heterocycles. The van der Waals surface area contributed by atoms with Gasteiger partial charge in [0, 0.05) is 10.5 Å². The number of hydrogen-bond acceptors (Lipinski definition) is 3. The van der Waals surface area contributed by atoms with Gasteiger partial charge in [0.25, 0.3) is 0 Å². The molecule has 96 valence electrons. The van der Waals surface area contributed by atoms with E-state index in [4.69, 9.17) is 14.7 Å². The molecule has 0 aliphatic carbocycles. The largest absolute Gasteiger partial charge is 0.497 e. The van der Waals surface area contributed by atoms with Crippen LogP contribution in [0.1, 0.15) is 11.1 Å². The molecule has 0 saturated heterocycles. The summed E-state index contributed by atoms with van der Waals surface area (Å²) in [5.74, 6) is 1.83. The van der Waals surface area contributed by atoms with E-state index in [1.54, 1.807) is 25.3 Å². The zero-order chi connectivity index (χ0) is 13.8. The van der Waals surface area contributed by atoms with E-state index in [0.717, 1.165) is 10.0 Å². The number of benzene rings is 2. The second-order valence-corrected chi connectivity index (χ2v) is 4.84. The lowest BCUT2D eigenvalue weighted by Crippen LogP contribution is -1.91. The first-order chi connectivity index (χ1) is 9.13. The number of methoxy groups -OCH3 is 1. The topological polar surface area (TPSA) is 42.2 Å². The Kier molecular flexibility index (Phi) is 4.08. The average Bonchev–Trinajstić information content (AvgIpc) is 2.43. The van der Waals surface area contributed by atoms with Gasteiger partial charge in [0.1, 0.15) is 23.3 Å². The molecule has 3 nitrogen and oxygen atoms in total. The molecule has 0 radical (unpaired) electrons. The molecule has 2 rings (SSSR count). The van der Waals surface area contributed by atoms with E-state index in [0.29, 0.717) is 22.8 Å². The molecule has 0 heterocycles. The van der Waals surface area contributed by atoms with Gasteiger partial charge in [0.2, 0.25) is 0 Å². The molecule has 0 spiro atoms. The maximum absolute atomic E-state index is 9.08. The first-order valence-electron chi connectivity index (χ1n) is 5.66. The molecule has 4 heteroatoms. The van der Waals surface area contributed by atoms with E-state index in [9.17, 15) is 0 Å². The van der Waals surface area contributed by atoms with Crippen LogP contribution in [0.4, 0.5) is 0 Å². The fraction of sp³-hybridized carbons (Fsp3) is 0.133. The minimum absolute atomic E-state index is 0.473. The van der Waals surface area contributed by atoms with Crippen LogP contribution in [0.3, 0.4) is 0 Å². The molecule has 2 aromatic carbocycles. The third kappa shape index (κ3) is 3.07. The number of nitrogens with zero attached hydrogens (tertiary/aromatic N) is 1. The van der Waals surface area contributed by atoms with Gasteiger partial charge in [-0.25, -0.2) is 0 Å². The highest BCUT2D eigenvalue weighted by molar-refractivity contribution is 9.10. The van der Waals surface area contributed by atoms with Crippen LogP contribution in [0.2, 0.25) is 0 Å². The quantitative estimate of drug-likeness (QED) is 0.841. The van der Waals surface area contributed by atoms with Gasteiger partial charge in [-0.1, -0.05) is 15.9 Å². The second-order valence-electron chi connectivity index (χ2n) is 3.99. The van der Waals surface area contributed by atoms with E-state index in [-0.39, 0.29) is 0 Å². The van der Waals surface area contributed by atoms with Crippen molar-refractivity contribution in [3.8, 4) is 23.3 Å². The van der Waals surface area contributed by atoms with Crippen molar-refractivity contribution < 1.29 is 9.47 Å². The molecule has 2 aromatic rings. The first kappa shape index (κ1) is 13.4. The van der Waals surface area contributed by atoms with Crippen LogP contribution >= 0.6 is 15.9 Å². The molecule has 0 aliphatic heterocycles. The number of nitriles is 1. The monoisotopic (exact) mass is 317 g/mol.